The van der Waals surface area contributed by atoms with Crippen molar-refractivity contribution in [3.05, 3.63) is 11.8 Å². The van der Waals surface area contributed by atoms with Gasteiger partial charge in [0.15, 0.2) is 0 Å². The molecule has 1 heterocycles. The molecule has 1 aromatic rings. The Kier molecular flexibility index (Phi) is 7.03. The first-order valence-corrected chi connectivity index (χ1v) is 9.64. The van der Waals surface area contributed by atoms with Crippen molar-refractivity contribution in [1.82, 2.24) is 9.97 Å². The zero-order valence-corrected chi connectivity index (χ0v) is 14.6. The summed E-state index contributed by atoms with van der Waals surface area (Å²) in [5.74, 6) is 0.693. The van der Waals surface area contributed by atoms with Crippen molar-refractivity contribution >= 4 is 29.7 Å². The van der Waals surface area contributed by atoms with Crippen LogP contribution in [0.5, 0.6) is 0 Å². The van der Waals surface area contributed by atoms with Gasteiger partial charge in [0.25, 0.3) is 0 Å². The van der Waals surface area contributed by atoms with Crippen LogP contribution in [-0.4, -0.2) is 36.3 Å². The summed E-state index contributed by atoms with van der Waals surface area (Å²) in [7, 11) is 0. The number of anilines is 1. The van der Waals surface area contributed by atoms with E-state index < -0.39 is 6.49 Å². The lowest BCUT2D eigenvalue weighted by atomic mass is 10.4. The Balaban J connectivity index is 3.26. The SMILES string of the molecule is CCOP(=S)(OCC)c1cc(C)nc(N(CC)CC)n1. The molecule has 0 saturated heterocycles. The Bertz CT molecular complexity index is 471. The highest BCUT2D eigenvalue weighted by molar-refractivity contribution is 8.13. The van der Waals surface area contributed by atoms with E-state index in [2.05, 4.69) is 28.7 Å². The highest BCUT2D eigenvalue weighted by atomic mass is 32.5. The van der Waals surface area contributed by atoms with Crippen LogP contribution >= 0.6 is 6.49 Å². The fourth-order valence-corrected chi connectivity index (χ4v) is 4.32. The van der Waals surface area contributed by atoms with Crippen molar-refractivity contribution < 1.29 is 9.05 Å². The van der Waals surface area contributed by atoms with Crippen molar-refractivity contribution in [1.29, 1.82) is 0 Å². The molecule has 0 aliphatic heterocycles. The van der Waals surface area contributed by atoms with E-state index >= 15 is 0 Å². The van der Waals surface area contributed by atoms with Gasteiger partial charge < -0.3 is 13.9 Å². The Morgan fingerprint density at radius 3 is 2.10 bits per heavy atom. The third kappa shape index (κ3) is 4.22. The van der Waals surface area contributed by atoms with Gasteiger partial charge in [-0.15, -0.1) is 0 Å². The highest BCUT2D eigenvalue weighted by Crippen LogP contribution is 2.46. The van der Waals surface area contributed by atoms with Gasteiger partial charge in [-0.05, 0) is 52.5 Å². The standard InChI is InChI=1S/C13H24N3O2PS/c1-6-16(7-2)13-14-11(5)10-12(15-13)19(20,17-8-3)18-9-4/h10H,6-9H2,1-5H3. The molecule has 0 aliphatic rings. The topological polar surface area (TPSA) is 47.5 Å². The summed E-state index contributed by atoms with van der Waals surface area (Å²) in [5.41, 5.74) is 1.58. The summed E-state index contributed by atoms with van der Waals surface area (Å²) in [6.07, 6.45) is 0. The van der Waals surface area contributed by atoms with Crippen LogP contribution in [0.1, 0.15) is 33.4 Å². The summed E-state index contributed by atoms with van der Waals surface area (Å²) in [6, 6.07) is 1.87. The summed E-state index contributed by atoms with van der Waals surface area (Å²) in [5, 5.41) is 0. The molecular formula is C13H24N3O2PS. The number of hydrogen-bond acceptors (Lipinski definition) is 6. The van der Waals surface area contributed by atoms with Crippen molar-refractivity contribution in [3.8, 4) is 0 Å². The van der Waals surface area contributed by atoms with Crippen LogP contribution in [0.25, 0.3) is 0 Å². The number of aromatic nitrogens is 2. The van der Waals surface area contributed by atoms with Crippen LogP contribution in [0.4, 0.5) is 5.95 Å². The summed E-state index contributed by atoms with van der Waals surface area (Å²) >= 11 is 5.60. The molecule has 0 unspecified atom stereocenters. The molecule has 0 spiro atoms. The Labute approximate surface area is 126 Å². The van der Waals surface area contributed by atoms with Crippen LogP contribution in [-0.2, 0) is 20.9 Å². The maximum Gasteiger partial charge on any atom is 0.238 e. The van der Waals surface area contributed by atoms with Gasteiger partial charge in [0.2, 0.25) is 12.4 Å². The van der Waals surface area contributed by atoms with Crippen molar-refractivity contribution in [2.75, 3.05) is 31.2 Å². The predicted octanol–water partition coefficient (Wildman–Crippen LogP) is 2.64. The maximum atomic E-state index is 5.71. The van der Waals surface area contributed by atoms with Gasteiger partial charge in [-0.25, -0.2) is 9.97 Å². The Morgan fingerprint density at radius 1 is 1.10 bits per heavy atom. The van der Waals surface area contributed by atoms with E-state index in [1.54, 1.807) is 0 Å². The largest absolute Gasteiger partial charge is 0.341 e. The second-order valence-electron chi connectivity index (χ2n) is 4.17. The lowest BCUT2D eigenvalue weighted by Gasteiger charge is -2.24. The first-order chi connectivity index (χ1) is 9.50. The first kappa shape index (κ1) is 17.5. The van der Waals surface area contributed by atoms with Crippen molar-refractivity contribution in [3.63, 3.8) is 0 Å². The van der Waals surface area contributed by atoms with Gasteiger partial charge >= 0.3 is 0 Å². The van der Waals surface area contributed by atoms with Crippen LogP contribution in [0.15, 0.2) is 6.07 Å². The fraction of sp³-hybridized carbons (Fsp3) is 0.692. The molecule has 0 radical (unpaired) electrons. The van der Waals surface area contributed by atoms with E-state index in [1.165, 1.54) is 0 Å². The fourth-order valence-electron chi connectivity index (χ4n) is 1.83. The molecule has 1 rings (SSSR count). The van der Waals surface area contributed by atoms with Crippen LogP contribution in [0.3, 0.4) is 0 Å². The molecule has 1 aromatic heterocycles. The number of hydrogen-bond donors (Lipinski definition) is 0. The van der Waals surface area contributed by atoms with Gasteiger partial charge in [-0.3, -0.25) is 0 Å². The maximum absolute atomic E-state index is 5.71. The van der Waals surface area contributed by atoms with Gasteiger partial charge in [0.1, 0.15) is 5.44 Å². The minimum absolute atomic E-state index is 0.515. The number of nitrogens with zero attached hydrogens (tertiary/aromatic N) is 3. The molecule has 20 heavy (non-hydrogen) atoms. The van der Waals surface area contributed by atoms with E-state index in [1.807, 2.05) is 26.8 Å². The Hall–Kier alpha value is -0.550. The molecule has 0 amide bonds. The molecular weight excluding hydrogens is 293 g/mol. The van der Waals surface area contributed by atoms with Crippen LogP contribution in [0.2, 0.25) is 0 Å². The van der Waals surface area contributed by atoms with E-state index in [0.717, 1.165) is 18.8 Å². The minimum Gasteiger partial charge on any atom is -0.341 e. The average molecular weight is 317 g/mol. The molecule has 0 fully saturated rings. The molecule has 5 nitrogen and oxygen atoms in total. The Morgan fingerprint density at radius 2 is 1.65 bits per heavy atom. The van der Waals surface area contributed by atoms with E-state index in [0.29, 0.717) is 24.6 Å². The molecule has 0 saturated carbocycles. The first-order valence-electron chi connectivity index (χ1n) is 7.00. The van der Waals surface area contributed by atoms with Gasteiger partial charge in [0.05, 0.1) is 13.2 Å². The number of aryl methyl sites for hydroxylation is 1. The molecule has 0 N–H and O–H groups in total. The third-order valence-electron chi connectivity index (χ3n) is 2.75. The van der Waals surface area contributed by atoms with Gasteiger partial charge in [0, 0.05) is 18.8 Å². The lowest BCUT2D eigenvalue weighted by Crippen LogP contribution is -2.27. The monoisotopic (exact) mass is 317 g/mol. The van der Waals surface area contributed by atoms with Crippen molar-refractivity contribution in [2.45, 2.75) is 34.6 Å². The minimum atomic E-state index is -2.53. The summed E-state index contributed by atoms with van der Waals surface area (Å²) in [4.78, 5) is 11.2. The van der Waals surface area contributed by atoms with E-state index in [9.17, 15) is 0 Å². The van der Waals surface area contributed by atoms with Crippen LogP contribution < -0.4 is 10.3 Å². The van der Waals surface area contributed by atoms with Crippen molar-refractivity contribution in [2.24, 2.45) is 0 Å². The number of rotatable bonds is 8. The molecule has 0 aromatic carbocycles. The van der Waals surface area contributed by atoms with Gasteiger partial charge in [-0.1, -0.05) is 0 Å². The third-order valence-corrected chi connectivity index (χ3v) is 5.93. The molecule has 0 aliphatic carbocycles. The van der Waals surface area contributed by atoms with Crippen LogP contribution in [0, 0.1) is 6.92 Å². The van der Waals surface area contributed by atoms with E-state index in [4.69, 9.17) is 20.9 Å². The van der Waals surface area contributed by atoms with E-state index in [-0.39, 0.29) is 0 Å². The predicted molar refractivity (Wildman–Crippen MR) is 87.5 cm³/mol. The average Bonchev–Trinajstić information content (AvgIpc) is 2.40. The van der Waals surface area contributed by atoms with Gasteiger partial charge in [-0.2, -0.15) is 0 Å². The normalized spacial score (nSPS) is 11.7. The second-order valence-corrected chi connectivity index (χ2v) is 7.58. The lowest BCUT2D eigenvalue weighted by molar-refractivity contribution is 0.274. The molecule has 7 heteroatoms. The summed E-state index contributed by atoms with van der Waals surface area (Å²) in [6.45, 7) is 10.1. The quantitative estimate of drug-likeness (QED) is 0.687. The zero-order valence-electron chi connectivity index (χ0n) is 12.9. The smallest absolute Gasteiger partial charge is 0.238 e. The molecule has 0 bridgehead atoms. The molecule has 0 atom stereocenters. The zero-order chi connectivity index (χ0) is 15.2. The summed E-state index contributed by atoms with van der Waals surface area (Å²) < 4.78 is 11.4. The molecule has 114 valence electrons. The second kappa shape index (κ2) is 8.03. The highest BCUT2D eigenvalue weighted by Gasteiger charge is 2.25.